The molecular formula is C38H41N3O5. The SMILES string of the molecule is CC(C)COc1cccc(-c2ccc3c(c2)N(C(=O)c2ccccc2)CCCN(Cc2ccccc2)CCN(C(=O)C(=O)O)C3)c1. The molecule has 4 aromatic carbocycles. The summed E-state index contributed by atoms with van der Waals surface area (Å²) in [5, 5.41) is 9.73. The highest BCUT2D eigenvalue weighted by molar-refractivity contribution is 6.31. The number of carbonyl (C=O) groups excluding carboxylic acids is 2. The van der Waals surface area contributed by atoms with Crippen LogP contribution in [0, 0.1) is 5.92 Å². The third-order valence-corrected chi connectivity index (χ3v) is 8.02. The number of fused-ring (bicyclic) bond motifs is 1. The number of anilines is 1. The highest BCUT2D eigenvalue weighted by Crippen LogP contribution is 2.33. The van der Waals surface area contributed by atoms with Gasteiger partial charge in [-0.3, -0.25) is 14.5 Å². The summed E-state index contributed by atoms with van der Waals surface area (Å²) in [4.78, 5) is 44.5. The Labute approximate surface area is 270 Å². The second kappa shape index (κ2) is 15.4. The normalized spacial score (nSPS) is 14.3. The van der Waals surface area contributed by atoms with Crippen LogP contribution in [0.5, 0.6) is 5.75 Å². The molecule has 4 aromatic rings. The molecule has 1 aliphatic rings. The van der Waals surface area contributed by atoms with Crippen LogP contribution in [-0.4, -0.2) is 65.5 Å². The number of carboxylic acid groups (broad SMARTS) is 1. The number of carbonyl (C=O) groups is 3. The van der Waals surface area contributed by atoms with Crippen LogP contribution in [0.1, 0.15) is 41.8 Å². The summed E-state index contributed by atoms with van der Waals surface area (Å²) in [5.41, 5.74) is 4.84. The van der Waals surface area contributed by atoms with Crippen LogP contribution >= 0.6 is 0 Å². The highest BCUT2D eigenvalue weighted by Gasteiger charge is 2.27. The van der Waals surface area contributed by atoms with Gasteiger partial charge in [-0.1, -0.05) is 86.6 Å². The van der Waals surface area contributed by atoms with E-state index in [-0.39, 0.29) is 19.0 Å². The minimum Gasteiger partial charge on any atom is -0.493 e. The van der Waals surface area contributed by atoms with E-state index in [0.717, 1.165) is 22.4 Å². The van der Waals surface area contributed by atoms with E-state index in [4.69, 9.17) is 4.74 Å². The molecule has 0 aliphatic carbocycles. The van der Waals surface area contributed by atoms with Gasteiger partial charge in [-0.15, -0.1) is 0 Å². The molecule has 8 heteroatoms. The largest absolute Gasteiger partial charge is 0.493 e. The number of ether oxygens (including phenoxy) is 1. The van der Waals surface area contributed by atoms with Crippen LogP contribution in [0.2, 0.25) is 0 Å². The molecule has 0 fully saturated rings. The quantitative estimate of drug-likeness (QED) is 0.243. The molecule has 0 unspecified atom stereocenters. The van der Waals surface area contributed by atoms with Gasteiger partial charge in [0.05, 0.1) is 6.61 Å². The number of nitrogens with zero attached hydrogens (tertiary/aromatic N) is 3. The van der Waals surface area contributed by atoms with Crippen molar-refractivity contribution in [3.63, 3.8) is 0 Å². The molecule has 0 spiro atoms. The molecule has 238 valence electrons. The number of hydrogen-bond donors (Lipinski definition) is 1. The molecule has 1 heterocycles. The number of carboxylic acids is 1. The van der Waals surface area contributed by atoms with Crippen molar-refractivity contribution in [3.05, 3.63) is 120 Å². The highest BCUT2D eigenvalue weighted by atomic mass is 16.5. The predicted molar refractivity (Wildman–Crippen MR) is 180 cm³/mol. The Balaban J connectivity index is 1.56. The monoisotopic (exact) mass is 619 g/mol. The molecule has 1 N–H and O–H groups in total. The molecule has 0 atom stereocenters. The first-order chi connectivity index (χ1) is 22.3. The summed E-state index contributed by atoms with van der Waals surface area (Å²) in [6.45, 7) is 7.34. The Hall–Kier alpha value is -4.95. The van der Waals surface area contributed by atoms with Gasteiger partial charge in [0, 0.05) is 50.5 Å². The zero-order valence-corrected chi connectivity index (χ0v) is 26.5. The molecule has 5 rings (SSSR count). The number of benzene rings is 4. The lowest BCUT2D eigenvalue weighted by Crippen LogP contribution is -2.41. The lowest BCUT2D eigenvalue weighted by molar-refractivity contribution is -0.156. The molecule has 0 radical (unpaired) electrons. The zero-order valence-electron chi connectivity index (χ0n) is 26.5. The van der Waals surface area contributed by atoms with Gasteiger partial charge in [0.2, 0.25) is 0 Å². The first kappa shape index (κ1) is 32.4. The van der Waals surface area contributed by atoms with Gasteiger partial charge in [-0.2, -0.15) is 0 Å². The van der Waals surface area contributed by atoms with E-state index in [2.05, 4.69) is 30.9 Å². The lowest BCUT2D eigenvalue weighted by Gasteiger charge is -2.28. The molecule has 8 nitrogen and oxygen atoms in total. The average molecular weight is 620 g/mol. The van der Waals surface area contributed by atoms with Crippen molar-refractivity contribution in [2.45, 2.75) is 33.4 Å². The molecule has 0 saturated heterocycles. The average Bonchev–Trinajstić information content (AvgIpc) is 3.10. The Bertz CT molecular complexity index is 1640. The fourth-order valence-electron chi connectivity index (χ4n) is 5.64. The fourth-order valence-corrected chi connectivity index (χ4v) is 5.64. The van der Waals surface area contributed by atoms with Crippen molar-refractivity contribution >= 4 is 23.5 Å². The molecule has 2 amide bonds. The maximum absolute atomic E-state index is 14.2. The molecule has 0 aromatic heterocycles. The van der Waals surface area contributed by atoms with Crippen LogP contribution in [0.15, 0.2) is 103 Å². The van der Waals surface area contributed by atoms with Crippen molar-refractivity contribution in [1.29, 1.82) is 0 Å². The minimum atomic E-state index is -1.50. The van der Waals surface area contributed by atoms with Gasteiger partial charge >= 0.3 is 11.9 Å². The smallest absolute Gasteiger partial charge is 0.394 e. The van der Waals surface area contributed by atoms with E-state index in [0.29, 0.717) is 61.9 Å². The number of hydrogen-bond acceptors (Lipinski definition) is 5. The van der Waals surface area contributed by atoms with E-state index in [9.17, 15) is 19.5 Å². The summed E-state index contributed by atoms with van der Waals surface area (Å²) in [7, 11) is 0. The van der Waals surface area contributed by atoms with E-state index >= 15 is 0 Å². The standard InChI is InChI=1S/C38H41N3O5/c1-28(2)27-46-34-16-9-15-31(23-34)32-17-18-33-26-40(37(43)38(44)45)22-21-39(25-29-11-5-3-6-12-29)19-10-20-41(35(33)24-32)36(42)30-13-7-4-8-14-30/h3-9,11-18,23-24,28H,10,19-22,25-27H2,1-2H3,(H,44,45). The Kier molecular flexibility index (Phi) is 10.8. The van der Waals surface area contributed by atoms with Crippen LogP contribution in [0.3, 0.4) is 0 Å². The first-order valence-electron chi connectivity index (χ1n) is 15.8. The summed E-state index contributed by atoms with van der Waals surface area (Å²) < 4.78 is 5.99. The molecule has 46 heavy (non-hydrogen) atoms. The van der Waals surface area contributed by atoms with Gasteiger partial charge in [0.15, 0.2) is 0 Å². The zero-order chi connectivity index (χ0) is 32.5. The van der Waals surface area contributed by atoms with Crippen LogP contribution in [0.25, 0.3) is 11.1 Å². The van der Waals surface area contributed by atoms with Crippen molar-refractivity contribution in [3.8, 4) is 16.9 Å². The van der Waals surface area contributed by atoms with Gasteiger partial charge < -0.3 is 19.6 Å². The van der Waals surface area contributed by atoms with Gasteiger partial charge in [-0.25, -0.2) is 4.79 Å². The second-order valence-electron chi connectivity index (χ2n) is 12.0. The summed E-state index contributed by atoms with van der Waals surface area (Å²) >= 11 is 0. The Morgan fingerprint density at radius 2 is 1.50 bits per heavy atom. The summed E-state index contributed by atoms with van der Waals surface area (Å²) in [6, 6.07) is 32.9. The molecular weight excluding hydrogens is 578 g/mol. The van der Waals surface area contributed by atoms with Crippen LogP contribution in [0.4, 0.5) is 5.69 Å². The van der Waals surface area contributed by atoms with Gasteiger partial charge in [0.25, 0.3) is 5.91 Å². The third-order valence-electron chi connectivity index (χ3n) is 8.02. The molecule has 0 saturated carbocycles. The number of aliphatic carboxylic acids is 1. The maximum atomic E-state index is 14.2. The van der Waals surface area contributed by atoms with Crippen LogP contribution in [-0.2, 0) is 22.7 Å². The molecule has 1 aliphatic heterocycles. The predicted octanol–water partition coefficient (Wildman–Crippen LogP) is 6.35. The Morgan fingerprint density at radius 3 is 2.22 bits per heavy atom. The van der Waals surface area contributed by atoms with Gasteiger partial charge in [0.1, 0.15) is 5.75 Å². The van der Waals surface area contributed by atoms with Gasteiger partial charge in [-0.05, 0) is 64.9 Å². The summed E-state index contributed by atoms with van der Waals surface area (Å²) in [5.74, 6) is -1.48. The van der Waals surface area contributed by atoms with Crippen molar-refractivity contribution < 1.29 is 24.2 Å². The van der Waals surface area contributed by atoms with E-state index < -0.39 is 11.9 Å². The van der Waals surface area contributed by atoms with Crippen molar-refractivity contribution in [2.24, 2.45) is 5.92 Å². The van der Waals surface area contributed by atoms with Crippen molar-refractivity contribution in [2.75, 3.05) is 37.7 Å². The third kappa shape index (κ3) is 8.40. The molecule has 0 bridgehead atoms. The van der Waals surface area contributed by atoms with Crippen LogP contribution < -0.4 is 9.64 Å². The van der Waals surface area contributed by atoms with E-state index in [1.54, 1.807) is 17.0 Å². The summed E-state index contributed by atoms with van der Waals surface area (Å²) in [6.07, 6.45) is 0.681. The van der Waals surface area contributed by atoms with E-state index in [1.165, 1.54) is 4.90 Å². The minimum absolute atomic E-state index is 0.0516. The van der Waals surface area contributed by atoms with E-state index in [1.807, 2.05) is 78.9 Å². The van der Waals surface area contributed by atoms with Crippen molar-refractivity contribution in [1.82, 2.24) is 9.80 Å². The number of amides is 2. The number of rotatable bonds is 7. The Morgan fingerprint density at radius 1 is 0.783 bits per heavy atom. The second-order valence-corrected chi connectivity index (χ2v) is 12.0. The fraction of sp³-hybridized carbons (Fsp3) is 0.289. The lowest BCUT2D eigenvalue weighted by atomic mass is 10.00. The topological polar surface area (TPSA) is 90.4 Å². The first-order valence-corrected chi connectivity index (χ1v) is 15.8. The maximum Gasteiger partial charge on any atom is 0.394 e.